The molecule has 2 fully saturated rings. The first-order valence-electron chi connectivity index (χ1n) is 7.55. The van der Waals surface area contributed by atoms with Gasteiger partial charge in [-0.1, -0.05) is 36.8 Å². The van der Waals surface area contributed by atoms with Crippen LogP contribution in [0.1, 0.15) is 51.0 Å². The third-order valence-electron chi connectivity index (χ3n) is 5.02. The number of carbonyl (C=O) groups excluding carboxylic acids is 1. The molecule has 0 bridgehead atoms. The second-order valence-corrected chi connectivity index (χ2v) is 6.22. The molecule has 2 nitrogen and oxygen atoms in total. The zero-order chi connectivity index (χ0) is 13.4. The first-order valence-corrected chi connectivity index (χ1v) is 7.55. The Morgan fingerprint density at radius 3 is 2.74 bits per heavy atom. The number of hydrogen-bond acceptors (Lipinski definition) is 1. The summed E-state index contributed by atoms with van der Waals surface area (Å²) in [4.78, 5) is 15.0. The second kappa shape index (κ2) is 4.99. The highest BCUT2D eigenvalue weighted by Crippen LogP contribution is 2.42. The van der Waals surface area contributed by atoms with Crippen LogP contribution in [0.2, 0.25) is 0 Å². The van der Waals surface area contributed by atoms with Crippen molar-refractivity contribution < 1.29 is 4.79 Å². The Morgan fingerprint density at radius 2 is 2.00 bits per heavy atom. The lowest BCUT2D eigenvalue weighted by Gasteiger charge is -2.30. The zero-order valence-electron chi connectivity index (χ0n) is 11.9. The van der Waals surface area contributed by atoms with Gasteiger partial charge in [-0.3, -0.25) is 4.79 Å². The predicted molar refractivity (Wildman–Crippen MR) is 76.9 cm³/mol. The summed E-state index contributed by atoms with van der Waals surface area (Å²) in [6, 6.07) is 11.1. The summed E-state index contributed by atoms with van der Waals surface area (Å²) in [6.07, 6.45) is 5.03. The first-order chi connectivity index (χ1) is 9.18. The van der Waals surface area contributed by atoms with Crippen LogP contribution in [-0.4, -0.2) is 22.9 Å². The normalized spacial score (nSPS) is 31.3. The number of benzene rings is 1. The molecule has 1 saturated carbocycles. The highest BCUT2D eigenvalue weighted by atomic mass is 16.2. The van der Waals surface area contributed by atoms with Gasteiger partial charge in [-0.25, -0.2) is 0 Å². The molecule has 0 spiro atoms. The third-order valence-corrected chi connectivity index (χ3v) is 5.02. The summed E-state index contributed by atoms with van der Waals surface area (Å²) in [5.74, 6) is 1.08. The number of hydrogen-bond donors (Lipinski definition) is 0. The fraction of sp³-hybridized carbons (Fsp3) is 0.588. The van der Waals surface area contributed by atoms with Gasteiger partial charge < -0.3 is 4.90 Å². The van der Waals surface area contributed by atoms with Gasteiger partial charge in [0.1, 0.15) is 0 Å². The van der Waals surface area contributed by atoms with Crippen molar-refractivity contribution in [2.75, 3.05) is 0 Å². The lowest BCUT2D eigenvalue weighted by molar-refractivity contribution is -0.135. The van der Waals surface area contributed by atoms with Crippen LogP contribution in [0.3, 0.4) is 0 Å². The van der Waals surface area contributed by atoms with E-state index in [1.807, 2.05) is 25.1 Å². The van der Waals surface area contributed by atoms with E-state index in [9.17, 15) is 4.79 Å². The van der Waals surface area contributed by atoms with E-state index >= 15 is 0 Å². The largest absolute Gasteiger partial charge is 0.336 e. The van der Waals surface area contributed by atoms with Crippen molar-refractivity contribution in [1.82, 2.24) is 4.90 Å². The molecule has 0 N–H and O–H groups in total. The minimum atomic E-state index is -0.0111. The average Bonchev–Trinajstić information content (AvgIpc) is 2.98. The van der Waals surface area contributed by atoms with Gasteiger partial charge in [0.2, 0.25) is 5.91 Å². The molecule has 4 atom stereocenters. The SMILES string of the molecule is CC(C(=O)N1C2CCCC2C[C@H]1C)c1ccccc1. The van der Waals surface area contributed by atoms with Crippen LogP contribution in [0.4, 0.5) is 0 Å². The summed E-state index contributed by atoms with van der Waals surface area (Å²) in [7, 11) is 0. The molecule has 1 aliphatic heterocycles. The monoisotopic (exact) mass is 257 g/mol. The molecule has 1 amide bonds. The Balaban J connectivity index is 1.80. The molecule has 3 rings (SSSR count). The Morgan fingerprint density at radius 1 is 1.26 bits per heavy atom. The van der Waals surface area contributed by atoms with Crippen LogP contribution in [-0.2, 0) is 4.79 Å². The van der Waals surface area contributed by atoms with Gasteiger partial charge in [0.25, 0.3) is 0 Å². The Kier molecular flexibility index (Phi) is 3.34. The van der Waals surface area contributed by atoms with E-state index in [1.165, 1.54) is 25.7 Å². The second-order valence-electron chi connectivity index (χ2n) is 6.22. The van der Waals surface area contributed by atoms with Gasteiger partial charge in [-0.15, -0.1) is 0 Å². The maximum atomic E-state index is 12.8. The molecule has 3 unspecified atom stereocenters. The summed E-state index contributed by atoms with van der Waals surface area (Å²) in [6.45, 7) is 4.26. The Hall–Kier alpha value is -1.31. The molecule has 2 aliphatic rings. The van der Waals surface area contributed by atoms with Gasteiger partial charge in [-0.2, -0.15) is 0 Å². The van der Waals surface area contributed by atoms with E-state index in [4.69, 9.17) is 0 Å². The van der Waals surface area contributed by atoms with Gasteiger partial charge in [0, 0.05) is 12.1 Å². The molecule has 1 saturated heterocycles. The average molecular weight is 257 g/mol. The quantitative estimate of drug-likeness (QED) is 0.793. The number of rotatable bonds is 2. The molecule has 0 aromatic heterocycles. The van der Waals surface area contributed by atoms with Gasteiger partial charge in [0.05, 0.1) is 5.92 Å². The third kappa shape index (κ3) is 2.18. The standard InChI is InChI=1S/C17H23NO/c1-12-11-15-9-6-10-16(15)18(12)17(19)13(2)14-7-4-3-5-8-14/h3-5,7-8,12-13,15-16H,6,9-11H2,1-2H3/t12-,13?,15?,16?/m1/s1. The van der Waals surface area contributed by atoms with Crippen LogP contribution in [0.15, 0.2) is 30.3 Å². The summed E-state index contributed by atoms with van der Waals surface area (Å²) >= 11 is 0. The van der Waals surface area contributed by atoms with E-state index in [1.54, 1.807) is 0 Å². The fourth-order valence-electron chi connectivity index (χ4n) is 4.03. The van der Waals surface area contributed by atoms with E-state index in [0.717, 1.165) is 11.5 Å². The highest BCUT2D eigenvalue weighted by molar-refractivity contribution is 5.84. The van der Waals surface area contributed by atoms with E-state index in [-0.39, 0.29) is 5.92 Å². The smallest absolute Gasteiger partial charge is 0.230 e. The molecule has 19 heavy (non-hydrogen) atoms. The lowest BCUT2D eigenvalue weighted by atomic mass is 9.99. The topological polar surface area (TPSA) is 20.3 Å². The van der Waals surface area contributed by atoms with Crippen LogP contribution in [0.5, 0.6) is 0 Å². The molecule has 0 radical (unpaired) electrons. The van der Waals surface area contributed by atoms with E-state index < -0.39 is 0 Å². The van der Waals surface area contributed by atoms with E-state index in [0.29, 0.717) is 18.0 Å². The van der Waals surface area contributed by atoms with E-state index in [2.05, 4.69) is 24.0 Å². The van der Waals surface area contributed by atoms with Crippen LogP contribution < -0.4 is 0 Å². The van der Waals surface area contributed by atoms with Crippen molar-refractivity contribution in [3.8, 4) is 0 Å². The molecule has 1 heterocycles. The molecule has 1 aromatic carbocycles. The number of fused-ring (bicyclic) bond motifs is 1. The number of amides is 1. The Labute approximate surface area is 115 Å². The van der Waals surface area contributed by atoms with Crippen molar-refractivity contribution in [2.24, 2.45) is 5.92 Å². The van der Waals surface area contributed by atoms with Crippen LogP contribution in [0.25, 0.3) is 0 Å². The lowest BCUT2D eigenvalue weighted by Crippen LogP contribution is -2.42. The minimum Gasteiger partial charge on any atom is -0.336 e. The number of likely N-dealkylation sites (tertiary alicyclic amines) is 1. The number of carbonyl (C=O) groups is 1. The minimum absolute atomic E-state index is 0.0111. The van der Waals surface area contributed by atoms with Gasteiger partial charge in [-0.05, 0) is 44.6 Å². The van der Waals surface area contributed by atoms with Crippen LogP contribution >= 0.6 is 0 Å². The van der Waals surface area contributed by atoms with Crippen LogP contribution in [0, 0.1) is 5.92 Å². The fourth-order valence-corrected chi connectivity index (χ4v) is 4.03. The summed E-state index contributed by atoms with van der Waals surface area (Å²) < 4.78 is 0. The highest BCUT2D eigenvalue weighted by Gasteiger charge is 2.44. The molecule has 1 aromatic rings. The van der Waals surface area contributed by atoms with Gasteiger partial charge >= 0.3 is 0 Å². The maximum Gasteiger partial charge on any atom is 0.230 e. The molecule has 102 valence electrons. The molecule has 2 heteroatoms. The maximum absolute atomic E-state index is 12.8. The zero-order valence-corrected chi connectivity index (χ0v) is 11.9. The Bertz CT molecular complexity index is 456. The van der Waals surface area contributed by atoms with Crippen molar-refractivity contribution in [3.63, 3.8) is 0 Å². The van der Waals surface area contributed by atoms with Crippen molar-refractivity contribution in [1.29, 1.82) is 0 Å². The summed E-state index contributed by atoms with van der Waals surface area (Å²) in [5, 5.41) is 0. The van der Waals surface area contributed by atoms with Crippen molar-refractivity contribution in [2.45, 2.75) is 57.5 Å². The first kappa shape index (κ1) is 12.7. The van der Waals surface area contributed by atoms with Gasteiger partial charge in [0.15, 0.2) is 0 Å². The number of nitrogens with zero attached hydrogens (tertiary/aromatic N) is 1. The molecule has 1 aliphatic carbocycles. The molecular weight excluding hydrogens is 234 g/mol. The predicted octanol–water partition coefficient (Wildman–Crippen LogP) is 3.58. The van der Waals surface area contributed by atoms with Crippen molar-refractivity contribution in [3.05, 3.63) is 35.9 Å². The molecular formula is C17H23NO. The van der Waals surface area contributed by atoms with Crippen molar-refractivity contribution >= 4 is 5.91 Å². The summed E-state index contributed by atoms with van der Waals surface area (Å²) in [5.41, 5.74) is 1.14.